The standard InChI is InChI=1S/C21H22N6O2/c28-20-5-1-4-17-14-9-15(13-26(12-14)19-11-22-7-8-24-19)18(27(17)20)10-25-21(29)16-3-2-6-23-16/h1-8,11,14-15,18,23H,9-10,12-13H2,(H,25,29)/t14-,15+,18+/m1/s1. The lowest BCUT2D eigenvalue weighted by Crippen LogP contribution is -2.52. The smallest absolute Gasteiger partial charge is 0.267 e. The Morgan fingerprint density at radius 1 is 1.21 bits per heavy atom. The Hall–Kier alpha value is -3.42. The zero-order chi connectivity index (χ0) is 19.8. The van der Waals surface area contributed by atoms with E-state index in [0.29, 0.717) is 12.2 Å². The topological polar surface area (TPSA) is 95.9 Å². The minimum atomic E-state index is -0.163. The van der Waals surface area contributed by atoms with Crippen LogP contribution in [0.2, 0.25) is 0 Å². The number of rotatable bonds is 4. The van der Waals surface area contributed by atoms with Gasteiger partial charge in [-0.3, -0.25) is 14.6 Å². The van der Waals surface area contributed by atoms with E-state index in [0.717, 1.165) is 31.0 Å². The number of piperidine rings is 1. The number of carbonyl (C=O) groups excluding carboxylic acids is 1. The zero-order valence-electron chi connectivity index (χ0n) is 15.9. The molecule has 0 spiro atoms. The summed E-state index contributed by atoms with van der Waals surface area (Å²) in [4.78, 5) is 39.0. The van der Waals surface area contributed by atoms with E-state index >= 15 is 0 Å². The van der Waals surface area contributed by atoms with Gasteiger partial charge in [0.15, 0.2) is 0 Å². The lowest BCUT2D eigenvalue weighted by Gasteiger charge is -2.47. The van der Waals surface area contributed by atoms with Crippen LogP contribution in [0.4, 0.5) is 5.82 Å². The quantitative estimate of drug-likeness (QED) is 0.705. The van der Waals surface area contributed by atoms with Crippen molar-refractivity contribution in [3.8, 4) is 0 Å². The fourth-order valence-corrected chi connectivity index (χ4v) is 4.71. The highest BCUT2D eigenvalue weighted by molar-refractivity contribution is 5.92. The molecule has 0 unspecified atom stereocenters. The van der Waals surface area contributed by atoms with E-state index in [1.165, 1.54) is 0 Å². The van der Waals surface area contributed by atoms with E-state index in [4.69, 9.17) is 0 Å². The molecule has 2 aliphatic rings. The predicted octanol–water partition coefficient (Wildman–Crippen LogP) is 1.56. The second-order valence-electron chi connectivity index (χ2n) is 7.68. The van der Waals surface area contributed by atoms with Gasteiger partial charge in [-0.25, -0.2) is 4.98 Å². The maximum absolute atomic E-state index is 12.7. The number of aromatic nitrogens is 4. The molecule has 3 aromatic rings. The maximum atomic E-state index is 12.7. The predicted molar refractivity (Wildman–Crippen MR) is 108 cm³/mol. The molecule has 0 aromatic carbocycles. The van der Waals surface area contributed by atoms with Crippen molar-refractivity contribution in [1.29, 1.82) is 0 Å². The van der Waals surface area contributed by atoms with Gasteiger partial charge >= 0.3 is 0 Å². The van der Waals surface area contributed by atoms with E-state index in [1.54, 1.807) is 43.0 Å². The highest BCUT2D eigenvalue weighted by Gasteiger charge is 2.41. The number of hydrogen-bond acceptors (Lipinski definition) is 5. The molecule has 8 nitrogen and oxygen atoms in total. The van der Waals surface area contributed by atoms with Crippen molar-refractivity contribution in [2.24, 2.45) is 5.92 Å². The molecule has 8 heteroatoms. The van der Waals surface area contributed by atoms with Gasteiger partial charge in [-0.05, 0) is 30.5 Å². The van der Waals surface area contributed by atoms with Gasteiger partial charge in [-0.2, -0.15) is 0 Å². The second kappa shape index (κ2) is 7.20. The fraction of sp³-hybridized carbons (Fsp3) is 0.333. The van der Waals surface area contributed by atoms with Crippen molar-refractivity contribution >= 4 is 11.7 Å². The summed E-state index contributed by atoms with van der Waals surface area (Å²) < 4.78 is 1.89. The number of anilines is 1. The first-order valence-corrected chi connectivity index (χ1v) is 9.84. The van der Waals surface area contributed by atoms with Crippen LogP contribution in [0.5, 0.6) is 0 Å². The molecule has 0 aliphatic carbocycles. The van der Waals surface area contributed by atoms with Crippen LogP contribution in [0, 0.1) is 5.92 Å². The third kappa shape index (κ3) is 3.20. The molecule has 0 saturated carbocycles. The average Bonchev–Trinajstić information content (AvgIpc) is 3.29. The third-order valence-corrected chi connectivity index (χ3v) is 5.99. The molecule has 5 rings (SSSR count). The summed E-state index contributed by atoms with van der Waals surface area (Å²) in [6, 6.07) is 8.88. The van der Waals surface area contributed by atoms with Crippen molar-refractivity contribution < 1.29 is 4.79 Å². The Morgan fingerprint density at radius 3 is 2.93 bits per heavy atom. The molecule has 148 valence electrons. The van der Waals surface area contributed by atoms with Crippen LogP contribution in [0.15, 0.2) is 59.9 Å². The van der Waals surface area contributed by atoms with Crippen LogP contribution in [-0.2, 0) is 0 Å². The first-order chi connectivity index (χ1) is 14.2. The number of aromatic amines is 1. The number of carbonyl (C=O) groups is 1. The second-order valence-corrected chi connectivity index (χ2v) is 7.68. The molecule has 0 radical (unpaired) electrons. The molecule has 29 heavy (non-hydrogen) atoms. The van der Waals surface area contributed by atoms with Crippen LogP contribution in [0.3, 0.4) is 0 Å². The summed E-state index contributed by atoms with van der Waals surface area (Å²) in [5.74, 6) is 1.17. The van der Waals surface area contributed by atoms with Gasteiger partial charge in [0.2, 0.25) is 0 Å². The van der Waals surface area contributed by atoms with Crippen LogP contribution < -0.4 is 15.8 Å². The molecule has 1 fully saturated rings. The van der Waals surface area contributed by atoms with Gasteiger partial charge < -0.3 is 19.8 Å². The van der Waals surface area contributed by atoms with Gasteiger partial charge in [0.25, 0.3) is 11.5 Å². The van der Waals surface area contributed by atoms with Crippen LogP contribution >= 0.6 is 0 Å². The number of nitrogens with one attached hydrogen (secondary N) is 2. The molecule has 3 atom stereocenters. The van der Waals surface area contributed by atoms with Crippen LogP contribution in [0.25, 0.3) is 0 Å². The monoisotopic (exact) mass is 390 g/mol. The Balaban J connectivity index is 1.46. The first kappa shape index (κ1) is 17.7. The van der Waals surface area contributed by atoms with Crippen LogP contribution in [0.1, 0.15) is 34.6 Å². The van der Waals surface area contributed by atoms with Crippen molar-refractivity contribution in [3.63, 3.8) is 0 Å². The SMILES string of the molecule is O=C(NC[C@H]1[C@H]2C[C@H](CN(c3cnccn3)C2)c2cccc(=O)n21)c1ccc[nH]1. The van der Waals surface area contributed by atoms with Crippen molar-refractivity contribution in [2.45, 2.75) is 18.4 Å². The largest absolute Gasteiger partial charge is 0.357 e. The Bertz CT molecular complexity index is 1060. The minimum Gasteiger partial charge on any atom is -0.357 e. The Kier molecular flexibility index (Phi) is 4.38. The fourth-order valence-electron chi connectivity index (χ4n) is 4.71. The van der Waals surface area contributed by atoms with Crippen molar-refractivity contribution in [1.82, 2.24) is 24.8 Å². The maximum Gasteiger partial charge on any atom is 0.267 e. The molecule has 2 N–H and O–H groups in total. The molecule has 2 bridgehead atoms. The van der Waals surface area contributed by atoms with Gasteiger partial charge in [0.1, 0.15) is 11.5 Å². The van der Waals surface area contributed by atoms with E-state index in [2.05, 4.69) is 25.2 Å². The number of pyridine rings is 1. The third-order valence-electron chi connectivity index (χ3n) is 5.99. The molecular formula is C21H22N6O2. The molecular weight excluding hydrogens is 368 g/mol. The Morgan fingerprint density at radius 2 is 2.14 bits per heavy atom. The minimum absolute atomic E-state index is 0.00993. The summed E-state index contributed by atoms with van der Waals surface area (Å²) in [5, 5.41) is 3.00. The van der Waals surface area contributed by atoms with Gasteiger partial charge in [-0.15, -0.1) is 0 Å². The highest BCUT2D eigenvalue weighted by Crippen LogP contribution is 2.41. The average molecular weight is 390 g/mol. The summed E-state index contributed by atoms with van der Waals surface area (Å²) >= 11 is 0. The van der Waals surface area contributed by atoms with Gasteiger partial charge in [0.05, 0.1) is 12.2 Å². The number of amides is 1. The van der Waals surface area contributed by atoms with Gasteiger partial charge in [-0.1, -0.05) is 6.07 Å². The van der Waals surface area contributed by atoms with Crippen molar-refractivity contribution in [3.05, 3.63) is 76.9 Å². The van der Waals surface area contributed by atoms with Crippen molar-refractivity contribution in [2.75, 3.05) is 24.5 Å². The highest BCUT2D eigenvalue weighted by atomic mass is 16.2. The van der Waals surface area contributed by atoms with E-state index in [9.17, 15) is 9.59 Å². The number of fused-ring (bicyclic) bond motifs is 4. The lowest BCUT2D eigenvalue weighted by atomic mass is 9.78. The normalized spacial score (nSPS) is 22.8. The van der Waals surface area contributed by atoms with E-state index < -0.39 is 0 Å². The van der Waals surface area contributed by atoms with Crippen LogP contribution in [-0.4, -0.2) is 45.1 Å². The first-order valence-electron chi connectivity index (χ1n) is 9.84. The number of hydrogen-bond donors (Lipinski definition) is 2. The molecule has 2 aliphatic heterocycles. The summed E-state index contributed by atoms with van der Waals surface area (Å²) in [7, 11) is 0. The van der Waals surface area contributed by atoms with Gasteiger partial charge in [0, 0.05) is 55.9 Å². The Labute approximate surface area is 167 Å². The zero-order valence-corrected chi connectivity index (χ0v) is 15.9. The summed E-state index contributed by atoms with van der Waals surface area (Å²) in [6.45, 7) is 1.99. The summed E-state index contributed by atoms with van der Waals surface area (Å²) in [5.41, 5.74) is 1.54. The molecule has 3 aromatic heterocycles. The van der Waals surface area contributed by atoms with E-state index in [1.807, 2.05) is 16.7 Å². The summed E-state index contributed by atoms with van der Waals surface area (Å²) in [6.07, 6.45) is 7.86. The lowest BCUT2D eigenvalue weighted by molar-refractivity contribution is 0.0930. The van der Waals surface area contributed by atoms with E-state index in [-0.39, 0.29) is 29.3 Å². The number of H-pyrrole nitrogens is 1. The number of nitrogens with zero attached hydrogens (tertiary/aromatic N) is 4. The molecule has 1 saturated heterocycles. The molecule has 1 amide bonds. The molecule has 5 heterocycles.